The normalized spacial score (nSPS) is 14.2. The first-order chi connectivity index (χ1) is 8.70. The Morgan fingerprint density at radius 1 is 0.750 bits per heavy atom. The Bertz CT molecular complexity index is 345. The maximum absolute atomic E-state index is 9.19. The molecule has 0 spiro atoms. The van der Waals surface area contributed by atoms with E-state index in [-0.39, 0.29) is 12.2 Å². The average Bonchev–Trinajstić information content (AvgIpc) is 2.20. The summed E-state index contributed by atoms with van der Waals surface area (Å²) in [6, 6.07) is 0. The number of hydrogen-bond acceptors (Lipinski definition) is 6. The third-order valence-electron chi connectivity index (χ3n) is 1.78. The molecule has 10 heteroatoms. The van der Waals surface area contributed by atoms with E-state index >= 15 is 0 Å². The maximum Gasteiger partial charge on any atom is 0.261 e. The van der Waals surface area contributed by atoms with Crippen molar-refractivity contribution in [1.82, 2.24) is 0 Å². The van der Waals surface area contributed by atoms with Crippen LogP contribution in [0.4, 0.5) is 0 Å². The Balaban J connectivity index is -0.000000244. The summed E-state index contributed by atoms with van der Waals surface area (Å²) in [6.07, 6.45) is 4.02. The zero-order valence-corrected chi connectivity index (χ0v) is 13.9. The van der Waals surface area contributed by atoms with Crippen molar-refractivity contribution in [2.24, 2.45) is 0 Å². The smallest absolute Gasteiger partial charge is 0.261 e. The van der Waals surface area contributed by atoms with Gasteiger partial charge in [0, 0.05) is 0 Å². The molecule has 0 aromatic rings. The standard InChI is InChI=1S/C8H18O2.2CH4O3S/c1-3-7(9)5-6-8(10)4-2;2*1-5(2,3)4/h7-10H,3-6H2,1-2H3;2*1H3,(H,2,3,4)/t7-,8-;;/m1../s1. The van der Waals surface area contributed by atoms with Gasteiger partial charge in [0.1, 0.15) is 0 Å². The highest BCUT2D eigenvalue weighted by Gasteiger charge is 2.04. The van der Waals surface area contributed by atoms with Gasteiger partial charge in [-0.25, -0.2) is 0 Å². The predicted molar refractivity (Wildman–Crippen MR) is 76.8 cm³/mol. The first-order valence-corrected chi connectivity index (χ1v) is 9.61. The fraction of sp³-hybridized carbons (Fsp3) is 1.00. The second-order valence-corrected chi connectivity index (χ2v) is 7.10. The minimum atomic E-state index is -3.67. The zero-order valence-electron chi connectivity index (χ0n) is 12.2. The van der Waals surface area contributed by atoms with Crippen molar-refractivity contribution in [1.29, 1.82) is 0 Å². The summed E-state index contributed by atoms with van der Waals surface area (Å²) in [5, 5.41) is 18.2. The molecule has 0 rings (SSSR count). The molecule has 0 amide bonds. The molecule has 0 aromatic heterocycles. The fourth-order valence-electron chi connectivity index (χ4n) is 0.793. The van der Waals surface area contributed by atoms with Crippen LogP contribution in [-0.4, -0.2) is 60.9 Å². The monoisotopic (exact) mass is 338 g/mol. The van der Waals surface area contributed by atoms with Crippen molar-refractivity contribution in [3.8, 4) is 0 Å². The molecule has 4 N–H and O–H groups in total. The lowest BCUT2D eigenvalue weighted by Crippen LogP contribution is -2.11. The van der Waals surface area contributed by atoms with E-state index in [9.17, 15) is 16.8 Å². The minimum Gasteiger partial charge on any atom is -0.393 e. The summed E-state index contributed by atoms with van der Waals surface area (Å²) in [4.78, 5) is 0. The molecule has 20 heavy (non-hydrogen) atoms. The van der Waals surface area contributed by atoms with E-state index in [0.717, 1.165) is 25.7 Å². The summed E-state index contributed by atoms with van der Waals surface area (Å²) >= 11 is 0. The van der Waals surface area contributed by atoms with E-state index in [1.54, 1.807) is 0 Å². The lowest BCUT2D eigenvalue weighted by molar-refractivity contribution is 0.109. The van der Waals surface area contributed by atoms with Gasteiger partial charge in [-0.15, -0.1) is 0 Å². The Morgan fingerprint density at radius 3 is 1.00 bits per heavy atom. The van der Waals surface area contributed by atoms with Crippen LogP contribution in [0.5, 0.6) is 0 Å². The molecule has 0 unspecified atom stereocenters. The zero-order chi connectivity index (χ0) is 17.0. The molecule has 0 heterocycles. The summed E-state index contributed by atoms with van der Waals surface area (Å²) in [5.74, 6) is 0. The molecular weight excluding hydrogens is 312 g/mol. The summed E-state index contributed by atoms with van der Waals surface area (Å²) < 4.78 is 51.7. The third kappa shape index (κ3) is 65.1. The van der Waals surface area contributed by atoms with Crippen LogP contribution < -0.4 is 0 Å². The van der Waals surface area contributed by atoms with Crippen molar-refractivity contribution in [3.63, 3.8) is 0 Å². The van der Waals surface area contributed by atoms with Crippen LogP contribution in [0.2, 0.25) is 0 Å². The highest BCUT2D eigenvalue weighted by molar-refractivity contribution is 7.85. The van der Waals surface area contributed by atoms with Crippen molar-refractivity contribution < 1.29 is 36.2 Å². The fourth-order valence-corrected chi connectivity index (χ4v) is 0.793. The quantitative estimate of drug-likeness (QED) is 0.523. The summed E-state index contributed by atoms with van der Waals surface area (Å²) in [5.41, 5.74) is 0. The first kappa shape index (κ1) is 24.7. The van der Waals surface area contributed by atoms with E-state index in [1.165, 1.54) is 0 Å². The van der Waals surface area contributed by atoms with Gasteiger partial charge in [-0.3, -0.25) is 9.11 Å². The highest BCUT2D eigenvalue weighted by Crippen LogP contribution is 2.06. The molecule has 0 saturated heterocycles. The van der Waals surface area contributed by atoms with Gasteiger partial charge in [-0.1, -0.05) is 13.8 Å². The molecule has 0 saturated carbocycles. The van der Waals surface area contributed by atoms with Crippen LogP contribution in [0.15, 0.2) is 0 Å². The van der Waals surface area contributed by atoms with Crippen LogP contribution in [0.3, 0.4) is 0 Å². The lowest BCUT2D eigenvalue weighted by Gasteiger charge is -2.10. The largest absolute Gasteiger partial charge is 0.393 e. The van der Waals surface area contributed by atoms with E-state index in [1.807, 2.05) is 13.8 Å². The van der Waals surface area contributed by atoms with E-state index < -0.39 is 20.2 Å². The number of rotatable bonds is 5. The van der Waals surface area contributed by atoms with Crippen molar-refractivity contribution in [2.45, 2.75) is 51.7 Å². The molecule has 0 aromatic carbocycles. The number of aliphatic hydroxyl groups excluding tert-OH is 2. The molecule has 0 aliphatic carbocycles. The average molecular weight is 338 g/mol. The van der Waals surface area contributed by atoms with Gasteiger partial charge in [0.05, 0.1) is 24.7 Å². The Kier molecular flexibility index (Phi) is 15.4. The van der Waals surface area contributed by atoms with Gasteiger partial charge in [-0.05, 0) is 25.7 Å². The first-order valence-electron chi connectivity index (χ1n) is 5.91. The van der Waals surface area contributed by atoms with Gasteiger partial charge in [0.25, 0.3) is 20.2 Å². The number of hydrogen-bond donors (Lipinski definition) is 4. The van der Waals surface area contributed by atoms with Crippen molar-refractivity contribution >= 4 is 20.2 Å². The number of aliphatic hydroxyl groups is 2. The van der Waals surface area contributed by atoms with E-state index in [0.29, 0.717) is 12.5 Å². The van der Waals surface area contributed by atoms with Crippen LogP contribution in [0.25, 0.3) is 0 Å². The summed E-state index contributed by atoms with van der Waals surface area (Å²) in [6.45, 7) is 3.89. The van der Waals surface area contributed by atoms with Gasteiger partial charge in [-0.2, -0.15) is 16.8 Å². The molecule has 126 valence electrons. The van der Waals surface area contributed by atoms with Crippen molar-refractivity contribution in [2.75, 3.05) is 12.5 Å². The molecule has 2 atom stereocenters. The Morgan fingerprint density at radius 2 is 0.900 bits per heavy atom. The summed E-state index contributed by atoms with van der Waals surface area (Å²) in [7, 11) is -7.33. The Hall–Kier alpha value is -0.260. The Labute approximate surface area is 121 Å². The van der Waals surface area contributed by atoms with Crippen molar-refractivity contribution in [3.05, 3.63) is 0 Å². The maximum atomic E-state index is 9.19. The molecule has 0 bridgehead atoms. The van der Waals surface area contributed by atoms with Gasteiger partial charge < -0.3 is 10.2 Å². The predicted octanol–water partition coefficient (Wildman–Crippen LogP) is 0.316. The van der Waals surface area contributed by atoms with Crippen LogP contribution in [0.1, 0.15) is 39.5 Å². The van der Waals surface area contributed by atoms with Crippen LogP contribution >= 0.6 is 0 Å². The van der Waals surface area contributed by atoms with Gasteiger partial charge in [0.15, 0.2) is 0 Å². The minimum absolute atomic E-state index is 0.221. The molecule has 8 nitrogen and oxygen atoms in total. The van der Waals surface area contributed by atoms with Crippen LogP contribution in [0, 0.1) is 0 Å². The van der Waals surface area contributed by atoms with Gasteiger partial charge in [0.2, 0.25) is 0 Å². The van der Waals surface area contributed by atoms with Gasteiger partial charge >= 0.3 is 0 Å². The lowest BCUT2D eigenvalue weighted by atomic mass is 10.1. The second kappa shape index (κ2) is 12.5. The third-order valence-corrected chi connectivity index (χ3v) is 1.78. The molecule has 0 aliphatic rings. The molecule has 0 radical (unpaired) electrons. The SMILES string of the molecule is CC[C@@H](O)CC[C@H](O)CC.CS(=O)(=O)O.CS(=O)(=O)O. The van der Waals surface area contributed by atoms with E-state index in [4.69, 9.17) is 19.3 Å². The molecular formula is C10H26O8S2. The van der Waals surface area contributed by atoms with E-state index in [2.05, 4.69) is 0 Å². The second-order valence-electron chi connectivity index (χ2n) is 4.17. The van der Waals surface area contributed by atoms with Crippen LogP contribution in [-0.2, 0) is 20.2 Å². The molecule has 0 fully saturated rings. The molecule has 0 aliphatic heterocycles. The highest BCUT2D eigenvalue weighted by atomic mass is 32.2. The topological polar surface area (TPSA) is 149 Å².